The molecule has 4 rings (SSSR count). The smallest absolute Gasteiger partial charge is 0.296 e. The number of aldehydes is 1. The molecule has 1 aliphatic heterocycles. The van der Waals surface area contributed by atoms with E-state index in [1.165, 1.54) is 11.1 Å². The molecule has 0 spiro atoms. The maximum Gasteiger partial charge on any atom is 0.328 e. The molecular weight excluding hydrogens is 385 g/mol. The second-order valence-electron chi connectivity index (χ2n) is 6.56. The second-order valence-corrected chi connectivity index (χ2v) is 6.56. The highest BCUT2D eigenvalue weighted by atomic mass is 19.1. The molecule has 7 nitrogen and oxygen atoms in total. The molecule has 8 heteroatoms. The maximum absolute atomic E-state index is 14.4. The van der Waals surface area contributed by atoms with Crippen LogP contribution in [0.4, 0.5) is 20.8 Å². The summed E-state index contributed by atoms with van der Waals surface area (Å²) in [4.78, 5) is 37.5. The number of amides is 2. The van der Waals surface area contributed by atoms with E-state index in [1.54, 1.807) is 36.7 Å². The fourth-order valence-corrected chi connectivity index (χ4v) is 3.06. The molecule has 0 unspecified atom stereocenters. The largest absolute Gasteiger partial charge is 0.328 e. The summed E-state index contributed by atoms with van der Waals surface area (Å²) in [5.41, 5.74) is 1.88. The summed E-state index contributed by atoms with van der Waals surface area (Å²) < 4.78 is 14.4. The van der Waals surface area contributed by atoms with Gasteiger partial charge in [0.1, 0.15) is 23.1 Å². The van der Waals surface area contributed by atoms with Gasteiger partial charge in [0.15, 0.2) is 6.29 Å². The van der Waals surface area contributed by atoms with Crippen molar-refractivity contribution in [3.63, 3.8) is 0 Å². The highest BCUT2D eigenvalue weighted by Gasteiger charge is 2.24. The van der Waals surface area contributed by atoms with Gasteiger partial charge >= 0.3 is 6.03 Å². The number of nitrogens with zero attached hydrogens (tertiary/aromatic N) is 4. The minimum absolute atomic E-state index is 0.0584. The lowest BCUT2D eigenvalue weighted by molar-refractivity contribution is 0.111. The Labute approximate surface area is 172 Å². The number of hydrogen-bond acceptors (Lipinski definition) is 5. The number of halogens is 1. The van der Waals surface area contributed by atoms with E-state index in [-0.39, 0.29) is 17.1 Å². The third-order valence-electron chi connectivity index (χ3n) is 4.52. The van der Waals surface area contributed by atoms with Gasteiger partial charge in [-0.2, -0.15) is 0 Å². The Balaban J connectivity index is 1.52. The number of fused-ring (bicyclic) bond motifs is 1. The van der Waals surface area contributed by atoms with Crippen molar-refractivity contribution in [1.82, 2.24) is 15.0 Å². The summed E-state index contributed by atoms with van der Waals surface area (Å²) in [7, 11) is 0. The van der Waals surface area contributed by atoms with Crippen molar-refractivity contribution in [3.8, 4) is 11.8 Å². The van der Waals surface area contributed by atoms with Crippen LogP contribution < -0.4 is 10.2 Å². The molecule has 3 aromatic heterocycles. The van der Waals surface area contributed by atoms with Crippen molar-refractivity contribution in [2.45, 2.75) is 12.8 Å². The van der Waals surface area contributed by atoms with Gasteiger partial charge in [-0.15, -0.1) is 0 Å². The highest BCUT2D eigenvalue weighted by molar-refractivity contribution is 6.01. The summed E-state index contributed by atoms with van der Waals surface area (Å²) in [5, 5.41) is 2.58. The zero-order valence-electron chi connectivity index (χ0n) is 15.8. The van der Waals surface area contributed by atoms with Crippen LogP contribution in [0.15, 0.2) is 48.9 Å². The Bertz CT molecular complexity index is 1170. The average Bonchev–Trinajstić information content (AvgIpc) is 2.78. The van der Waals surface area contributed by atoms with E-state index in [1.807, 2.05) is 0 Å². The quantitative estimate of drug-likeness (QED) is 0.526. The number of aromatic nitrogens is 3. The average molecular weight is 401 g/mol. The Morgan fingerprint density at radius 1 is 1.23 bits per heavy atom. The van der Waals surface area contributed by atoms with Crippen LogP contribution in [-0.2, 0) is 6.42 Å². The van der Waals surface area contributed by atoms with Gasteiger partial charge < -0.3 is 0 Å². The first kappa shape index (κ1) is 19.2. The van der Waals surface area contributed by atoms with E-state index in [2.05, 4.69) is 32.1 Å². The van der Waals surface area contributed by atoms with E-state index in [9.17, 15) is 14.0 Å². The molecule has 1 aliphatic rings. The molecule has 0 saturated carbocycles. The Hall–Kier alpha value is -4.12. The molecule has 0 atom stereocenters. The van der Waals surface area contributed by atoms with Gasteiger partial charge in [0.2, 0.25) is 0 Å². The van der Waals surface area contributed by atoms with E-state index < -0.39 is 11.8 Å². The van der Waals surface area contributed by atoms with E-state index in [4.69, 9.17) is 0 Å². The van der Waals surface area contributed by atoms with Crippen LogP contribution in [0.3, 0.4) is 0 Å². The van der Waals surface area contributed by atoms with Crippen molar-refractivity contribution >= 4 is 24.0 Å². The molecule has 0 fully saturated rings. The number of aryl methyl sites for hydroxylation is 1. The van der Waals surface area contributed by atoms with Crippen molar-refractivity contribution in [2.24, 2.45) is 0 Å². The first-order valence-corrected chi connectivity index (χ1v) is 9.25. The predicted molar refractivity (Wildman–Crippen MR) is 109 cm³/mol. The first-order valence-electron chi connectivity index (χ1n) is 9.25. The van der Waals surface area contributed by atoms with Gasteiger partial charge in [-0.25, -0.2) is 19.2 Å². The lowest BCUT2D eigenvalue weighted by Crippen LogP contribution is -2.39. The topological polar surface area (TPSA) is 88.1 Å². The van der Waals surface area contributed by atoms with Gasteiger partial charge in [0.25, 0.3) is 0 Å². The van der Waals surface area contributed by atoms with Crippen molar-refractivity contribution in [1.29, 1.82) is 0 Å². The van der Waals surface area contributed by atoms with Crippen LogP contribution in [-0.4, -0.2) is 33.8 Å². The lowest BCUT2D eigenvalue weighted by Gasteiger charge is -2.28. The number of rotatable bonds is 2. The SMILES string of the molecule is O=Cc1ccc2c(n1)N(C(=O)Nc1cc(F)c(C#Cc3cccnc3)cn1)CCC2. The summed E-state index contributed by atoms with van der Waals surface area (Å²) in [6.45, 7) is 0.436. The number of urea groups is 1. The van der Waals surface area contributed by atoms with E-state index in [0.29, 0.717) is 24.2 Å². The fourth-order valence-electron chi connectivity index (χ4n) is 3.06. The Morgan fingerprint density at radius 3 is 2.90 bits per heavy atom. The molecule has 0 aromatic carbocycles. The number of pyridine rings is 3. The number of carbonyl (C=O) groups excluding carboxylic acids is 2. The highest BCUT2D eigenvalue weighted by Crippen LogP contribution is 2.25. The second kappa shape index (κ2) is 8.49. The van der Waals surface area contributed by atoms with E-state index in [0.717, 1.165) is 24.5 Å². The molecule has 0 bridgehead atoms. The zero-order chi connectivity index (χ0) is 20.9. The van der Waals surface area contributed by atoms with Crippen LogP contribution in [0, 0.1) is 17.7 Å². The number of nitrogens with one attached hydrogen (secondary N) is 1. The van der Waals surface area contributed by atoms with Crippen molar-refractivity contribution < 1.29 is 14.0 Å². The van der Waals surface area contributed by atoms with Crippen molar-refractivity contribution in [2.75, 3.05) is 16.8 Å². The summed E-state index contributed by atoms with van der Waals surface area (Å²) >= 11 is 0. The molecule has 148 valence electrons. The predicted octanol–water partition coefficient (Wildman–Crippen LogP) is 3.21. The van der Waals surface area contributed by atoms with Crippen LogP contribution in [0.25, 0.3) is 0 Å². The third kappa shape index (κ3) is 4.15. The third-order valence-corrected chi connectivity index (χ3v) is 4.52. The number of hydrogen-bond donors (Lipinski definition) is 1. The van der Waals surface area contributed by atoms with Crippen LogP contribution >= 0.6 is 0 Å². The van der Waals surface area contributed by atoms with Crippen LogP contribution in [0.5, 0.6) is 0 Å². The minimum atomic E-state index is -0.600. The van der Waals surface area contributed by atoms with Gasteiger partial charge in [0.05, 0.1) is 5.56 Å². The monoisotopic (exact) mass is 401 g/mol. The molecule has 2 amide bonds. The van der Waals surface area contributed by atoms with Gasteiger partial charge in [-0.3, -0.25) is 20.0 Å². The molecule has 1 N–H and O–H groups in total. The lowest BCUT2D eigenvalue weighted by atomic mass is 10.1. The molecule has 0 radical (unpaired) electrons. The summed E-state index contributed by atoms with van der Waals surface area (Å²) in [6.07, 6.45) is 6.62. The maximum atomic E-state index is 14.4. The van der Waals surface area contributed by atoms with Crippen LogP contribution in [0.2, 0.25) is 0 Å². The standard InChI is InChI=1S/C22H16FN5O2/c23-19-11-20(25-13-17(19)6-5-15-3-1-9-24-12-15)27-22(30)28-10-2-4-16-7-8-18(14-29)26-21(16)28/h1,3,7-9,11-14H,2,4,10H2,(H,25,27,30). The molecule has 3 aromatic rings. The normalized spacial score (nSPS) is 12.4. The zero-order valence-corrected chi connectivity index (χ0v) is 15.8. The van der Waals surface area contributed by atoms with Crippen LogP contribution in [0.1, 0.15) is 33.6 Å². The van der Waals surface area contributed by atoms with E-state index >= 15 is 0 Å². The molecule has 30 heavy (non-hydrogen) atoms. The van der Waals surface area contributed by atoms with Gasteiger partial charge in [-0.1, -0.05) is 17.9 Å². The fraction of sp³-hybridized carbons (Fsp3) is 0.136. The molecule has 4 heterocycles. The Morgan fingerprint density at radius 2 is 2.13 bits per heavy atom. The molecular formula is C22H16FN5O2. The minimum Gasteiger partial charge on any atom is -0.296 e. The number of carbonyl (C=O) groups is 2. The molecule has 0 saturated heterocycles. The summed E-state index contributed by atoms with van der Waals surface area (Å²) in [6, 6.07) is 7.54. The van der Waals surface area contributed by atoms with Gasteiger partial charge in [-0.05, 0) is 36.6 Å². The summed E-state index contributed by atoms with van der Waals surface area (Å²) in [5.74, 6) is 5.41. The van der Waals surface area contributed by atoms with Gasteiger partial charge in [0, 0.05) is 36.8 Å². The van der Waals surface area contributed by atoms with Crippen molar-refractivity contribution in [3.05, 3.63) is 77.1 Å². The number of anilines is 2. The molecule has 0 aliphatic carbocycles. The Kier molecular flexibility index (Phi) is 5.44. The first-order chi connectivity index (χ1) is 14.6.